The average molecular weight is 433 g/mol. The number of fused-ring (bicyclic) bond motifs is 2. The maximum atomic E-state index is 12.5. The summed E-state index contributed by atoms with van der Waals surface area (Å²) in [6, 6.07) is 12.5. The zero-order valence-electron chi connectivity index (χ0n) is 16.2. The van der Waals surface area contributed by atoms with Gasteiger partial charge in [-0.2, -0.15) is 8.78 Å². The lowest BCUT2D eigenvalue weighted by Crippen LogP contribution is -2.67. The normalized spacial score (nSPS) is 23.5. The Balaban J connectivity index is 0.00000140. The summed E-state index contributed by atoms with van der Waals surface area (Å²) in [7, 11) is 0. The predicted molar refractivity (Wildman–Crippen MR) is 116 cm³/mol. The molecule has 2 aromatic carbocycles. The molecular formula is C21H28Cl2F2N2O. The number of piperazine rings is 1. The molecule has 156 valence electrons. The number of hydrogen-bond donors (Lipinski definition) is 1. The van der Waals surface area contributed by atoms with Crippen molar-refractivity contribution in [1.82, 2.24) is 5.32 Å². The molecule has 0 aromatic heterocycles. The quantitative estimate of drug-likeness (QED) is 0.664. The molecule has 0 bridgehead atoms. The van der Waals surface area contributed by atoms with Gasteiger partial charge in [0.1, 0.15) is 5.75 Å². The van der Waals surface area contributed by atoms with Crippen molar-refractivity contribution in [3.05, 3.63) is 36.4 Å². The van der Waals surface area contributed by atoms with Crippen molar-refractivity contribution in [3.8, 4) is 5.75 Å². The van der Waals surface area contributed by atoms with Gasteiger partial charge in [0.2, 0.25) is 0 Å². The molecule has 0 spiro atoms. The number of ether oxygens (including phenoxy) is 1. The van der Waals surface area contributed by atoms with Gasteiger partial charge in [0.05, 0.1) is 0 Å². The standard InChI is InChI=1S/C21H26F2N2O.2ClH/c1-21(2)13-25(19-6-4-3-5-18(19)24-21)16-9-7-14-8-10-17(26-20(22)23)12-15(14)11-16;;/h7-12,18-20,24H,3-6,13H2,1-2H3;2*1H/t18-,19-;;/m1../s1. The molecule has 2 fully saturated rings. The van der Waals surface area contributed by atoms with E-state index in [4.69, 9.17) is 0 Å². The first-order chi connectivity index (χ1) is 12.4. The first-order valence-corrected chi connectivity index (χ1v) is 9.44. The first kappa shape index (κ1) is 23.0. The molecule has 0 radical (unpaired) electrons. The van der Waals surface area contributed by atoms with Gasteiger partial charge in [0, 0.05) is 29.9 Å². The van der Waals surface area contributed by atoms with Crippen LogP contribution in [0.3, 0.4) is 0 Å². The Morgan fingerprint density at radius 1 is 1.04 bits per heavy atom. The molecule has 7 heteroatoms. The summed E-state index contributed by atoms with van der Waals surface area (Å²) in [6.07, 6.45) is 4.95. The zero-order valence-corrected chi connectivity index (χ0v) is 17.8. The van der Waals surface area contributed by atoms with E-state index in [1.807, 2.05) is 6.07 Å². The number of hydrogen-bond acceptors (Lipinski definition) is 3. The molecule has 1 saturated heterocycles. The van der Waals surface area contributed by atoms with E-state index in [2.05, 4.69) is 47.0 Å². The molecule has 1 aliphatic heterocycles. The SMILES string of the molecule is CC1(C)CN(c2ccc3ccc(OC(F)F)cc3c2)[C@@H]2CCCC[C@H]2N1.Cl.Cl. The van der Waals surface area contributed by atoms with Crippen molar-refractivity contribution in [1.29, 1.82) is 0 Å². The van der Waals surface area contributed by atoms with Crippen LogP contribution in [0.1, 0.15) is 39.5 Å². The van der Waals surface area contributed by atoms with Crippen LogP contribution in [0.15, 0.2) is 36.4 Å². The molecule has 3 nitrogen and oxygen atoms in total. The van der Waals surface area contributed by atoms with Gasteiger partial charge in [-0.15, -0.1) is 24.8 Å². The number of alkyl halides is 2. The first-order valence-electron chi connectivity index (χ1n) is 9.44. The number of nitrogens with zero attached hydrogens (tertiary/aromatic N) is 1. The second kappa shape index (κ2) is 9.02. The van der Waals surface area contributed by atoms with E-state index in [0.29, 0.717) is 12.1 Å². The number of halogens is 4. The van der Waals surface area contributed by atoms with E-state index in [1.165, 1.54) is 25.7 Å². The summed E-state index contributed by atoms with van der Waals surface area (Å²) >= 11 is 0. The molecule has 1 N–H and O–H groups in total. The highest BCUT2D eigenvalue weighted by atomic mass is 35.5. The monoisotopic (exact) mass is 432 g/mol. The maximum Gasteiger partial charge on any atom is 0.387 e. The molecule has 2 aromatic rings. The van der Waals surface area contributed by atoms with Gasteiger partial charge in [0.25, 0.3) is 0 Å². The van der Waals surface area contributed by atoms with Gasteiger partial charge >= 0.3 is 6.61 Å². The summed E-state index contributed by atoms with van der Waals surface area (Å²) in [5, 5.41) is 5.78. The minimum atomic E-state index is -2.80. The summed E-state index contributed by atoms with van der Waals surface area (Å²) < 4.78 is 29.6. The zero-order chi connectivity index (χ0) is 18.3. The van der Waals surface area contributed by atoms with E-state index < -0.39 is 6.61 Å². The lowest BCUT2D eigenvalue weighted by Gasteiger charge is -2.52. The van der Waals surface area contributed by atoms with Crippen molar-refractivity contribution < 1.29 is 13.5 Å². The van der Waals surface area contributed by atoms with Crippen LogP contribution < -0.4 is 15.0 Å². The van der Waals surface area contributed by atoms with Crippen LogP contribution in [-0.4, -0.2) is 30.8 Å². The smallest absolute Gasteiger partial charge is 0.387 e. The van der Waals surface area contributed by atoms with E-state index in [1.54, 1.807) is 12.1 Å². The van der Waals surface area contributed by atoms with Gasteiger partial charge in [-0.05, 0) is 61.7 Å². The molecule has 28 heavy (non-hydrogen) atoms. The predicted octanol–water partition coefficient (Wildman–Crippen LogP) is 5.78. The summed E-state index contributed by atoms with van der Waals surface area (Å²) in [6.45, 7) is 2.64. The number of benzene rings is 2. The van der Waals surface area contributed by atoms with Crippen molar-refractivity contribution in [2.75, 3.05) is 11.4 Å². The molecule has 1 aliphatic carbocycles. The molecular weight excluding hydrogens is 405 g/mol. The Kier molecular flexibility index (Phi) is 7.40. The third-order valence-electron chi connectivity index (χ3n) is 5.62. The molecule has 1 saturated carbocycles. The second-order valence-electron chi connectivity index (χ2n) is 8.19. The lowest BCUT2D eigenvalue weighted by atomic mass is 9.83. The van der Waals surface area contributed by atoms with E-state index in [-0.39, 0.29) is 36.1 Å². The minimum Gasteiger partial charge on any atom is -0.435 e. The Morgan fingerprint density at radius 3 is 2.50 bits per heavy atom. The molecule has 4 rings (SSSR count). The van der Waals surface area contributed by atoms with Crippen LogP contribution in [0, 0.1) is 0 Å². The largest absolute Gasteiger partial charge is 0.435 e. The van der Waals surface area contributed by atoms with E-state index in [9.17, 15) is 8.78 Å². The van der Waals surface area contributed by atoms with Crippen molar-refractivity contribution in [3.63, 3.8) is 0 Å². The maximum absolute atomic E-state index is 12.5. The minimum absolute atomic E-state index is 0. The van der Waals surface area contributed by atoms with Gasteiger partial charge < -0.3 is 15.0 Å². The molecule has 0 amide bonds. The highest BCUT2D eigenvalue weighted by Gasteiger charge is 2.40. The highest BCUT2D eigenvalue weighted by Crippen LogP contribution is 2.35. The Morgan fingerprint density at radius 2 is 1.75 bits per heavy atom. The van der Waals surface area contributed by atoms with Gasteiger partial charge in [-0.1, -0.05) is 25.0 Å². The van der Waals surface area contributed by atoms with Crippen molar-refractivity contribution >= 4 is 41.3 Å². The molecule has 2 atom stereocenters. The van der Waals surface area contributed by atoms with E-state index >= 15 is 0 Å². The molecule has 2 aliphatic rings. The fourth-order valence-corrected chi connectivity index (χ4v) is 4.59. The number of rotatable bonds is 3. The summed E-state index contributed by atoms with van der Waals surface area (Å²) in [5.41, 5.74) is 1.21. The van der Waals surface area contributed by atoms with Crippen LogP contribution in [0.25, 0.3) is 10.8 Å². The average Bonchev–Trinajstić information content (AvgIpc) is 2.59. The van der Waals surface area contributed by atoms with Gasteiger partial charge in [-0.3, -0.25) is 0 Å². The number of nitrogens with one attached hydrogen (secondary N) is 1. The van der Waals surface area contributed by atoms with Crippen molar-refractivity contribution in [2.24, 2.45) is 0 Å². The molecule has 1 heterocycles. The van der Waals surface area contributed by atoms with E-state index in [0.717, 1.165) is 23.0 Å². The van der Waals surface area contributed by atoms with Crippen LogP contribution in [0.5, 0.6) is 5.75 Å². The van der Waals surface area contributed by atoms with Crippen LogP contribution >= 0.6 is 24.8 Å². The van der Waals surface area contributed by atoms with Crippen LogP contribution in [0.4, 0.5) is 14.5 Å². The second-order valence-corrected chi connectivity index (χ2v) is 8.19. The fourth-order valence-electron chi connectivity index (χ4n) is 4.59. The Bertz CT molecular complexity index is 803. The third kappa shape index (κ3) is 4.81. The summed E-state index contributed by atoms with van der Waals surface area (Å²) in [5.74, 6) is 0.209. The highest BCUT2D eigenvalue weighted by molar-refractivity contribution is 5.87. The Labute approximate surface area is 177 Å². The van der Waals surface area contributed by atoms with Crippen LogP contribution in [-0.2, 0) is 0 Å². The van der Waals surface area contributed by atoms with Gasteiger partial charge in [-0.25, -0.2) is 0 Å². The number of anilines is 1. The Hall–Kier alpha value is -1.30. The topological polar surface area (TPSA) is 24.5 Å². The third-order valence-corrected chi connectivity index (χ3v) is 5.62. The van der Waals surface area contributed by atoms with Crippen LogP contribution in [0.2, 0.25) is 0 Å². The lowest BCUT2D eigenvalue weighted by molar-refractivity contribution is -0.0497. The van der Waals surface area contributed by atoms with Gasteiger partial charge in [0.15, 0.2) is 0 Å². The summed E-state index contributed by atoms with van der Waals surface area (Å²) in [4.78, 5) is 2.51. The fraction of sp³-hybridized carbons (Fsp3) is 0.524. The molecule has 0 unspecified atom stereocenters. The van der Waals surface area contributed by atoms with Crippen molar-refractivity contribution in [2.45, 2.75) is 63.8 Å².